The average molecular weight is 278 g/mol. The number of amides is 2. The van der Waals surface area contributed by atoms with Crippen LogP contribution in [0, 0.1) is 5.92 Å². The normalized spacial score (nSPS) is 15.0. The van der Waals surface area contributed by atoms with Crippen LogP contribution in [0.3, 0.4) is 0 Å². The predicted octanol–water partition coefficient (Wildman–Crippen LogP) is 1.54. The van der Waals surface area contributed by atoms with Gasteiger partial charge in [0.25, 0.3) is 0 Å². The molecule has 1 aromatic rings. The van der Waals surface area contributed by atoms with Gasteiger partial charge in [-0.3, -0.25) is 9.59 Å². The maximum atomic E-state index is 11.7. The van der Waals surface area contributed by atoms with Crippen LogP contribution in [0.2, 0.25) is 0 Å². The molecule has 2 amide bonds. The van der Waals surface area contributed by atoms with Crippen molar-refractivity contribution >= 4 is 17.5 Å². The van der Waals surface area contributed by atoms with E-state index in [2.05, 4.69) is 10.6 Å². The Morgan fingerprint density at radius 1 is 1.25 bits per heavy atom. The summed E-state index contributed by atoms with van der Waals surface area (Å²) in [4.78, 5) is 23.3. The van der Waals surface area contributed by atoms with E-state index in [4.69, 9.17) is 0 Å². The molecule has 0 radical (unpaired) electrons. The van der Waals surface area contributed by atoms with Gasteiger partial charge in [0.1, 0.15) is 0 Å². The van der Waals surface area contributed by atoms with Gasteiger partial charge in [-0.2, -0.15) is 0 Å². The van der Waals surface area contributed by atoms with Crippen molar-refractivity contribution in [1.29, 1.82) is 0 Å². The zero-order valence-electron chi connectivity index (χ0n) is 12.1. The Morgan fingerprint density at radius 2 is 1.85 bits per heavy atom. The number of carbonyl (C=O) groups excluding carboxylic acids is 2. The molecule has 1 rings (SSSR count). The first-order valence-corrected chi connectivity index (χ1v) is 6.73. The lowest BCUT2D eigenvalue weighted by atomic mass is 9.89. The minimum atomic E-state index is -1.03. The van der Waals surface area contributed by atoms with Crippen LogP contribution in [0.1, 0.15) is 27.2 Å². The molecule has 0 aromatic heterocycles. The third-order valence-electron chi connectivity index (χ3n) is 3.52. The SMILES string of the molecule is CC[C@@H](C)[C@](C)(O)CNC(=O)C(=O)Nc1ccccc1. The lowest BCUT2D eigenvalue weighted by Crippen LogP contribution is -2.47. The van der Waals surface area contributed by atoms with Crippen LogP contribution in [0.4, 0.5) is 5.69 Å². The molecule has 0 fully saturated rings. The number of hydrogen-bond donors (Lipinski definition) is 3. The van der Waals surface area contributed by atoms with Crippen LogP contribution in [0.25, 0.3) is 0 Å². The highest BCUT2D eigenvalue weighted by atomic mass is 16.3. The van der Waals surface area contributed by atoms with Crippen LogP contribution in [0.15, 0.2) is 30.3 Å². The Morgan fingerprint density at radius 3 is 2.40 bits per heavy atom. The second-order valence-electron chi connectivity index (χ2n) is 5.17. The van der Waals surface area contributed by atoms with Gasteiger partial charge >= 0.3 is 11.8 Å². The molecule has 0 spiro atoms. The predicted molar refractivity (Wildman–Crippen MR) is 78.2 cm³/mol. The van der Waals surface area contributed by atoms with Crippen molar-refractivity contribution in [3.63, 3.8) is 0 Å². The Hall–Kier alpha value is -1.88. The van der Waals surface area contributed by atoms with Crippen LogP contribution >= 0.6 is 0 Å². The van der Waals surface area contributed by atoms with Gasteiger partial charge in [0.15, 0.2) is 0 Å². The summed E-state index contributed by atoms with van der Waals surface area (Å²) < 4.78 is 0. The molecule has 0 bridgehead atoms. The molecule has 0 saturated carbocycles. The summed E-state index contributed by atoms with van der Waals surface area (Å²) in [5, 5.41) is 15.1. The molecule has 1 aromatic carbocycles. The number of para-hydroxylation sites is 1. The summed E-state index contributed by atoms with van der Waals surface area (Å²) in [6.45, 7) is 5.55. The smallest absolute Gasteiger partial charge is 0.313 e. The van der Waals surface area contributed by atoms with Crippen LogP contribution in [-0.2, 0) is 9.59 Å². The molecular weight excluding hydrogens is 256 g/mol. The van der Waals surface area contributed by atoms with Gasteiger partial charge in [0, 0.05) is 12.2 Å². The molecule has 0 unspecified atom stereocenters. The van der Waals surface area contributed by atoms with Crippen molar-refractivity contribution < 1.29 is 14.7 Å². The molecule has 0 aliphatic rings. The lowest BCUT2D eigenvalue weighted by Gasteiger charge is -2.29. The summed E-state index contributed by atoms with van der Waals surface area (Å²) in [5.74, 6) is -1.46. The fourth-order valence-electron chi connectivity index (χ4n) is 1.66. The van der Waals surface area contributed by atoms with E-state index < -0.39 is 17.4 Å². The van der Waals surface area contributed by atoms with Crippen LogP contribution < -0.4 is 10.6 Å². The van der Waals surface area contributed by atoms with Gasteiger partial charge < -0.3 is 15.7 Å². The fourth-order valence-corrected chi connectivity index (χ4v) is 1.66. The molecule has 20 heavy (non-hydrogen) atoms. The molecular formula is C15H22N2O3. The van der Waals surface area contributed by atoms with E-state index in [-0.39, 0.29) is 12.5 Å². The molecule has 0 aliphatic carbocycles. The summed E-state index contributed by atoms with van der Waals surface area (Å²) >= 11 is 0. The Labute approximate surface area is 119 Å². The highest BCUT2D eigenvalue weighted by Gasteiger charge is 2.28. The van der Waals surface area contributed by atoms with Gasteiger partial charge in [-0.15, -0.1) is 0 Å². The van der Waals surface area contributed by atoms with E-state index in [1.807, 2.05) is 19.9 Å². The molecule has 5 heteroatoms. The number of anilines is 1. The van der Waals surface area contributed by atoms with Crippen molar-refractivity contribution in [2.45, 2.75) is 32.8 Å². The summed E-state index contributed by atoms with van der Waals surface area (Å²) in [7, 11) is 0. The minimum Gasteiger partial charge on any atom is -0.388 e. The Kier molecular flexibility index (Phi) is 5.70. The largest absolute Gasteiger partial charge is 0.388 e. The molecule has 110 valence electrons. The molecule has 2 atom stereocenters. The molecule has 0 aliphatic heterocycles. The summed E-state index contributed by atoms with van der Waals surface area (Å²) in [6, 6.07) is 8.74. The number of nitrogens with one attached hydrogen (secondary N) is 2. The number of carbonyl (C=O) groups is 2. The molecule has 0 saturated heterocycles. The maximum Gasteiger partial charge on any atom is 0.313 e. The number of benzene rings is 1. The highest BCUT2D eigenvalue weighted by molar-refractivity contribution is 6.39. The summed E-state index contributed by atoms with van der Waals surface area (Å²) in [5.41, 5.74) is -0.474. The van der Waals surface area contributed by atoms with E-state index in [0.717, 1.165) is 6.42 Å². The van der Waals surface area contributed by atoms with Crippen molar-refractivity contribution in [3.8, 4) is 0 Å². The van der Waals surface area contributed by atoms with Crippen molar-refractivity contribution in [2.75, 3.05) is 11.9 Å². The van der Waals surface area contributed by atoms with Crippen LogP contribution in [0.5, 0.6) is 0 Å². The van der Waals surface area contributed by atoms with Gasteiger partial charge in [-0.1, -0.05) is 38.5 Å². The average Bonchev–Trinajstić information content (AvgIpc) is 2.44. The van der Waals surface area contributed by atoms with Crippen molar-refractivity contribution in [3.05, 3.63) is 30.3 Å². The van der Waals surface area contributed by atoms with Gasteiger partial charge in [-0.25, -0.2) is 0 Å². The molecule has 3 N–H and O–H groups in total. The van der Waals surface area contributed by atoms with E-state index >= 15 is 0 Å². The van der Waals surface area contributed by atoms with Crippen molar-refractivity contribution in [2.24, 2.45) is 5.92 Å². The van der Waals surface area contributed by atoms with Crippen LogP contribution in [-0.4, -0.2) is 29.1 Å². The summed E-state index contributed by atoms with van der Waals surface area (Å²) in [6.07, 6.45) is 0.791. The van der Waals surface area contributed by atoms with Gasteiger partial charge in [0.05, 0.1) is 5.60 Å². The highest BCUT2D eigenvalue weighted by Crippen LogP contribution is 2.18. The first-order valence-electron chi connectivity index (χ1n) is 6.73. The van der Waals surface area contributed by atoms with E-state index in [1.165, 1.54) is 0 Å². The first-order chi connectivity index (χ1) is 9.36. The standard InChI is InChI=1S/C15H22N2O3/c1-4-11(2)15(3,20)10-16-13(18)14(19)17-12-8-6-5-7-9-12/h5-9,11,20H,4,10H2,1-3H3,(H,16,18)(H,17,19)/t11-,15-/m1/s1. The lowest BCUT2D eigenvalue weighted by molar-refractivity contribution is -0.137. The third kappa shape index (κ3) is 4.66. The second kappa shape index (κ2) is 7.05. The molecule has 5 nitrogen and oxygen atoms in total. The van der Waals surface area contributed by atoms with E-state index in [9.17, 15) is 14.7 Å². The Bertz CT molecular complexity index is 457. The van der Waals surface area contributed by atoms with Gasteiger partial charge in [-0.05, 0) is 25.0 Å². The van der Waals surface area contributed by atoms with E-state index in [0.29, 0.717) is 5.69 Å². The number of hydrogen-bond acceptors (Lipinski definition) is 3. The second-order valence-corrected chi connectivity index (χ2v) is 5.17. The first kappa shape index (κ1) is 16.2. The van der Waals surface area contributed by atoms with Gasteiger partial charge in [0.2, 0.25) is 0 Å². The number of aliphatic hydroxyl groups is 1. The topological polar surface area (TPSA) is 78.4 Å². The maximum absolute atomic E-state index is 11.7. The molecule has 0 heterocycles. The Balaban J connectivity index is 2.49. The van der Waals surface area contributed by atoms with E-state index in [1.54, 1.807) is 31.2 Å². The third-order valence-corrected chi connectivity index (χ3v) is 3.52. The number of rotatable bonds is 5. The zero-order chi connectivity index (χ0) is 15.2. The minimum absolute atomic E-state index is 0.0278. The monoisotopic (exact) mass is 278 g/mol. The fraction of sp³-hybridized carbons (Fsp3) is 0.467. The zero-order valence-corrected chi connectivity index (χ0v) is 12.1. The van der Waals surface area contributed by atoms with Crippen molar-refractivity contribution in [1.82, 2.24) is 5.32 Å². The quantitative estimate of drug-likeness (QED) is 0.715.